The van der Waals surface area contributed by atoms with Gasteiger partial charge in [0, 0.05) is 5.88 Å². The number of piperidine rings is 1. The lowest BCUT2D eigenvalue weighted by Crippen LogP contribution is -2.61. The number of amides is 5. The lowest BCUT2D eigenvalue weighted by molar-refractivity contribution is -0.155. The number of carbonyl (C=O) groups excluding carboxylic acids is 5. The summed E-state index contributed by atoms with van der Waals surface area (Å²) in [5, 5.41) is 10.3. The van der Waals surface area contributed by atoms with E-state index in [-0.39, 0.29) is 29.9 Å². The molecule has 0 radical (unpaired) electrons. The number of halogens is 1. The van der Waals surface area contributed by atoms with Crippen molar-refractivity contribution in [3.63, 3.8) is 0 Å². The number of ether oxygens (including phenoxy) is 2. The van der Waals surface area contributed by atoms with Crippen LogP contribution in [-0.2, 0) is 14.3 Å². The molecule has 0 aromatic heterocycles. The number of hydrogen-bond acceptors (Lipinski definition) is 8. The molecule has 2 heterocycles. The van der Waals surface area contributed by atoms with Crippen LogP contribution in [0.15, 0.2) is 18.2 Å². The number of fused-ring (bicyclic) bond motifs is 1. The second kappa shape index (κ2) is 10.3. The van der Waals surface area contributed by atoms with Crippen LogP contribution in [0.2, 0.25) is 0 Å². The molecule has 1 saturated heterocycles. The topological polar surface area (TPSA) is 131 Å². The first-order valence-corrected chi connectivity index (χ1v) is 13.3. The number of likely N-dealkylation sites (tertiary alicyclic amines) is 1. The van der Waals surface area contributed by atoms with E-state index in [2.05, 4.69) is 11.8 Å². The summed E-state index contributed by atoms with van der Waals surface area (Å²) in [5.41, 5.74) is -3.21. The predicted octanol–water partition coefficient (Wildman–Crippen LogP) is 3.28. The third-order valence-corrected chi connectivity index (χ3v) is 7.12. The number of nitrogens with zero attached hydrogens (tertiary/aromatic N) is 2. The number of hydrogen-bond donors (Lipinski definition) is 1. The highest BCUT2D eigenvalue weighted by Crippen LogP contribution is 2.54. The molecule has 39 heavy (non-hydrogen) atoms. The van der Waals surface area contributed by atoms with Gasteiger partial charge in [0.1, 0.15) is 29.6 Å². The molecule has 10 nitrogen and oxygen atoms in total. The van der Waals surface area contributed by atoms with Crippen molar-refractivity contribution in [2.45, 2.75) is 77.0 Å². The molecule has 1 N–H and O–H groups in total. The Labute approximate surface area is 231 Å². The minimum absolute atomic E-state index is 0.0310. The quantitative estimate of drug-likeness (QED) is 0.320. The van der Waals surface area contributed by atoms with Crippen LogP contribution in [0, 0.1) is 17.3 Å². The molecule has 1 spiro atoms. The molecule has 5 amide bonds. The van der Waals surface area contributed by atoms with Gasteiger partial charge < -0.3 is 14.6 Å². The second-order valence-electron chi connectivity index (χ2n) is 11.3. The number of carbonyl (C=O) groups is 5. The second-order valence-corrected chi connectivity index (χ2v) is 11.7. The highest BCUT2D eigenvalue weighted by molar-refractivity contribution is 6.25. The molecule has 2 aliphatic heterocycles. The van der Waals surface area contributed by atoms with Crippen LogP contribution in [0.5, 0.6) is 5.75 Å². The summed E-state index contributed by atoms with van der Waals surface area (Å²) in [6.07, 6.45) is 0.635. The first kappa shape index (κ1) is 28.6. The lowest BCUT2D eigenvalue weighted by atomic mass is 9.89. The Morgan fingerprint density at radius 2 is 1.85 bits per heavy atom. The number of alkyl halides is 1. The maximum Gasteiger partial charge on any atom is 0.424 e. The largest absolute Gasteiger partial charge is 0.480 e. The van der Waals surface area contributed by atoms with Crippen molar-refractivity contribution in [1.82, 2.24) is 9.80 Å². The van der Waals surface area contributed by atoms with Crippen LogP contribution < -0.4 is 4.74 Å². The van der Waals surface area contributed by atoms with Crippen LogP contribution in [0.1, 0.15) is 80.5 Å². The summed E-state index contributed by atoms with van der Waals surface area (Å²) >= 11 is 5.67. The van der Waals surface area contributed by atoms with Crippen molar-refractivity contribution >= 4 is 41.3 Å². The summed E-state index contributed by atoms with van der Waals surface area (Å²) in [5.74, 6) is 2.78. The van der Waals surface area contributed by atoms with Gasteiger partial charge in [0.2, 0.25) is 5.91 Å². The van der Waals surface area contributed by atoms with E-state index in [1.54, 1.807) is 27.7 Å². The first-order chi connectivity index (χ1) is 18.2. The molecule has 1 aromatic rings. The maximum atomic E-state index is 13.6. The molecule has 2 fully saturated rings. The van der Waals surface area contributed by atoms with Crippen molar-refractivity contribution < 1.29 is 38.6 Å². The average molecular weight is 559 g/mol. The zero-order valence-electron chi connectivity index (χ0n) is 22.3. The molecule has 3 aliphatic rings. The van der Waals surface area contributed by atoms with Crippen molar-refractivity contribution in [3.8, 4) is 17.6 Å². The van der Waals surface area contributed by atoms with Crippen molar-refractivity contribution in [1.29, 1.82) is 0 Å². The molecule has 1 aliphatic carbocycles. The number of aliphatic hydroxyl groups is 1. The molecule has 4 rings (SSSR count). The third-order valence-electron chi connectivity index (χ3n) is 6.85. The number of imide groups is 4. The van der Waals surface area contributed by atoms with Gasteiger partial charge in [0.25, 0.3) is 17.7 Å². The van der Waals surface area contributed by atoms with Gasteiger partial charge >= 0.3 is 6.09 Å². The molecule has 11 heteroatoms. The summed E-state index contributed by atoms with van der Waals surface area (Å²) in [7, 11) is 0. The standard InChI is InChI=1S/C28H31ClN2O8/c1-26(2,3)39-25(36)31-22(33)18(16-28(12-13-28)24(31)35)30-21(32)17-8-5-9-19(20(17)23(30)34)38-15-7-11-27(4,37)10-6-14-29/h5,8-9,18,37H,6,10,12-16H2,1-4H3. The van der Waals surface area contributed by atoms with E-state index in [4.69, 9.17) is 21.1 Å². The highest BCUT2D eigenvalue weighted by Gasteiger charge is 2.63. The van der Waals surface area contributed by atoms with E-state index in [0.29, 0.717) is 36.5 Å². The van der Waals surface area contributed by atoms with Gasteiger partial charge in [0.05, 0.1) is 16.5 Å². The van der Waals surface area contributed by atoms with E-state index in [9.17, 15) is 29.1 Å². The van der Waals surface area contributed by atoms with Gasteiger partial charge in [-0.3, -0.25) is 24.1 Å². The molecule has 2 atom stereocenters. The van der Waals surface area contributed by atoms with Crippen molar-refractivity contribution in [2.24, 2.45) is 5.41 Å². The summed E-state index contributed by atoms with van der Waals surface area (Å²) in [4.78, 5) is 67.6. The van der Waals surface area contributed by atoms with Crippen LogP contribution in [0.25, 0.3) is 0 Å². The lowest BCUT2D eigenvalue weighted by Gasteiger charge is -2.38. The van der Waals surface area contributed by atoms with E-state index in [1.807, 2.05) is 0 Å². The van der Waals surface area contributed by atoms with Crippen LogP contribution >= 0.6 is 11.6 Å². The van der Waals surface area contributed by atoms with E-state index >= 15 is 0 Å². The third kappa shape index (κ3) is 5.65. The Morgan fingerprint density at radius 3 is 2.46 bits per heavy atom. The zero-order chi connectivity index (χ0) is 28.8. The van der Waals surface area contributed by atoms with E-state index in [1.165, 1.54) is 18.2 Å². The Hall–Kier alpha value is -3.42. The highest BCUT2D eigenvalue weighted by atomic mass is 35.5. The van der Waals surface area contributed by atoms with E-state index in [0.717, 1.165) is 4.90 Å². The number of rotatable bonds is 6. The Kier molecular flexibility index (Phi) is 7.54. The average Bonchev–Trinajstić information content (AvgIpc) is 3.58. The fourth-order valence-corrected chi connectivity index (χ4v) is 4.91. The van der Waals surface area contributed by atoms with E-state index < -0.39 is 52.4 Å². The summed E-state index contributed by atoms with van der Waals surface area (Å²) in [6, 6.07) is 3.13. The zero-order valence-corrected chi connectivity index (χ0v) is 23.1. The van der Waals surface area contributed by atoms with Crippen LogP contribution in [0.3, 0.4) is 0 Å². The minimum atomic E-state index is -1.35. The van der Waals surface area contributed by atoms with Gasteiger partial charge in [-0.1, -0.05) is 17.9 Å². The predicted molar refractivity (Wildman–Crippen MR) is 139 cm³/mol. The number of benzene rings is 1. The van der Waals surface area contributed by atoms with Gasteiger partial charge in [-0.15, -0.1) is 11.6 Å². The normalized spacial score (nSPS) is 21.3. The molecule has 1 aromatic carbocycles. The molecular formula is C28H31ClN2O8. The smallest absolute Gasteiger partial charge is 0.424 e. The summed E-state index contributed by atoms with van der Waals surface area (Å²) < 4.78 is 11.0. The molecule has 1 saturated carbocycles. The fraction of sp³-hybridized carbons (Fsp3) is 0.536. The Balaban J connectivity index is 1.58. The molecule has 208 valence electrons. The summed E-state index contributed by atoms with van der Waals surface area (Å²) in [6.45, 7) is 6.20. The fourth-order valence-electron chi connectivity index (χ4n) is 4.77. The molecule has 2 unspecified atom stereocenters. The van der Waals surface area contributed by atoms with Crippen molar-refractivity contribution in [3.05, 3.63) is 29.3 Å². The first-order valence-electron chi connectivity index (χ1n) is 12.7. The SMILES string of the molecule is CC(O)(C#CCOc1cccc2c1C(=O)N(C1CC3(CC3)C(=O)N(C(=O)OC(C)(C)C)C1=O)C2=O)CCCCl. The van der Waals surface area contributed by atoms with Crippen LogP contribution in [-0.4, -0.2) is 74.4 Å². The Bertz CT molecular complexity index is 1300. The van der Waals surface area contributed by atoms with Gasteiger partial charge in [0.15, 0.2) is 0 Å². The monoisotopic (exact) mass is 558 g/mol. The van der Waals surface area contributed by atoms with Gasteiger partial charge in [-0.2, -0.15) is 4.90 Å². The Morgan fingerprint density at radius 1 is 1.15 bits per heavy atom. The van der Waals surface area contributed by atoms with Crippen LogP contribution in [0.4, 0.5) is 4.79 Å². The maximum absolute atomic E-state index is 13.6. The minimum Gasteiger partial charge on any atom is -0.480 e. The van der Waals surface area contributed by atoms with Crippen molar-refractivity contribution in [2.75, 3.05) is 12.5 Å². The van der Waals surface area contributed by atoms with Gasteiger partial charge in [-0.25, -0.2) is 4.79 Å². The molecule has 0 bridgehead atoms. The van der Waals surface area contributed by atoms with Gasteiger partial charge in [-0.05, 0) is 71.9 Å². The molecular weight excluding hydrogens is 528 g/mol.